The second kappa shape index (κ2) is 5.94. The molecule has 0 aliphatic carbocycles. The molecule has 0 amide bonds. The molecule has 0 radical (unpaired) electrons. The maximum absolute atomic E-state index is 11.3. The number of ether oxygens (including phenoxy) is 2. The highest BCUT2D eigenvalue weighted by Crippen LogP contribution is 2.39. The summed E-state index contributed by atoms with van der Waals surface area (Å²) >= 11 is 1.78. The van der Waals surface area contributed by atoms with E-state index in [9.17, 15) is 15.0 Å². The van der Waals surface area contributed by atoms with Gasteiger partial charge in [0.25, 0.3) is 0 Å². The van der Waals surface area contributed by atoms with Crippen molar-refractivity contribution in [3.63, 3.8) is 0 Å². The second-order valence-electron chi connectivity index (χ2n) is 3.60. The minimum Gasteiger partial charge on any atom is -0.507 e. The molecule has 2 N–H and O–H groups in total. The molecule has 0 atom stereocenters. The van der Waals surface area contributed by atoms with Crippen LogP contribution in [-0.2, 0) is 16.1 Å². The normalized spacial score (nSPS) is 9.94. The quantitative estimate of drug-likeness (QED) is 0.487. The van der Waals surface area contributed by atoms with Crippen molar-refractivity contribution in [2.24, 2.45) is 0 Å². The zero-order chi connectivity index (χ0) is 13.9. The van der Waals surface area contributed by atoms with Crippen LogP contribution in [0.15, 0.2) is 18.2 Å². The van der Waals surface area contributed by atoms with Crippen molar-refractivity contribution in [1.29, 1.82) is 0 Å². The lowest BCUT2D eigenvalue weighted by Gasteiger charge is -2.13. The third kappa shape index (κ3) is 3.06. The van der Waals surface area contributed by atoms with Gasteiger partial charge in [-0.3, -0.25) is 0 Å². The number of carbonyl (C=O) groups is 1. The number of phenolic OH excluding ortho intramolecular Hbond substituents is 2. The summed E-state index contributed by atoms with van der Waals surface area (Å²) in [4.78, 5) is 11.3. The topological polar surface area (TPSA) is 76.0 Å². The number of halogens is 1. The van der Waals surface area contributed by atoms with Gasteiger partial charge in [-0.15, -0.1) is 0 Å². The molecule has 0 aliphatic heterocycles. The number of carbonyl (C=O) groups excluding carboxylic acids is 1. The number of hydrogen-bond acceptors (Lipinski definition) is 5. The zero-order valence-electron chi connectivity index (χ0n) is 9.99. The van der Waals surface area contributed by atoms with Gasteiger partial charge in [0.05, 0.1) is 16.2 Å². The summed E-state index contributed by atoms with van der Waals surface area (Å²) < 4.78 is 10.2. The van der Waals surface area contributed by atoms with Crippen LogP contribution < -0.4 is 4.74 Å². The van der Waals surface area contributed by atoms with Crippen molar-refractivity contribution in [1.82, 2.24) is 0 Å². The largest absolute Gasteiger partial charge is 0.507 e. The Kier molecular flexibility index (Phi) is 4.83. The van der Waals surface area contributed by atoms with Crippen LogP contribution in [-0.4, -0.2) is 23.3 Å². The van der Waals surface area contributed by atoms with E-state index < -0.39 is 5.97 Å². The Morgan fingerprint density at radius 2 is 2.11 bits per heavy atom. The number of phenols is 2. The van der Waals surface area contributed by atoms with Crippen molar-refractivity contribution < 1.29 is 24.5 Å². The number of methoxy groups -OCH3 is 1. The van der Waals surface area contributed by atoms with E-state index in [1.165, 1.54) is 20.1 Å². The SMILES string of the molecule is C=C(C)C(=O)OCc1c(OC)cc(O)c(I)c1O. The molecule has 0 aliphatic rings. The molecule has 1 aromatic rings. The van der Waals surface area contributed by atoms with Crippen LogP contribution in [0.3, 0.4) is 0 Å². The highest BCUT2D eigenvalue weighted by atomic mass is 127. The van der Waals surface area contributed by atoms with Crippen LogP contribution in [0.2, 0.25) is 0 Å². The summed E-state index contributed by atoms with van der Waals surface area (Å²) in [5.74, 6) is -0.568. The number of aromatic hydroxyl groups is 2. The van der Waals surface area contributed by atoms with Crippen molar-refractivity contribution in [3.8, 4) is 17.2 Å². The van der Waals surface area contributed by atoms with Gasteiger partial charge in [0.15, 0.2) is 0 Å². The van der Waals surface area contributed by atoms with Gasteiger partial charge in [0.2, 0.25) is 0 Å². The van der Waals surface area contributed by atoms with Crippen LogP contribution in [0.25, 0.3) is 0 Å². The fourth-order valence-corrected chi connectivity index (χ4v) is 1.71. The Labute approximate surface area is 118 Å². The van der Waals surface area contributed by atoms with Gasteiger partial charge in [0.1, 0.15) is 23.9 Å². The molecule has 0 fully saturated rings. The lowest BCUT2D eigenvalue weighted by Crippen LogP contribution is -2.06. The van der Waals surface area contributed by atoms with Crippen LogP contribution in [0.4, 0.5) is 0 Å². The van der Waals surface area contributed by atoms with Gasteiger partial charge in [-0.1, -0.05) is 6.58 Å². The first-order valence-corrected chi connectivity index (χ1v) is 6.06. The molecule has 0 spiro atoms. The number of rotatable bonds is 4. The minimum atomic E-state index is -0.556. The number of hydrogen-bond donors (Lipinski definition) is 2. The van der Waals surface area contributed by atoms with Gasteiger partial charge in [0, 0.05) is 11.6 Å². The third-order valence-corrected chi connectivity index (χ3v) is 3.26. The predicted octanol–water partition coefficient (Wildman–Crippen LogP) is 2.33. The summed E-state index contributed by atoms with van der Waals surface area (Å²) in [6.45, 7) is 4.83. The third-order valence-electron chi connectivity index (χ3n) is 2.20. The summed E-state index contributed by atoms with van der Waals surface area (Å²) in [7, 11) is 1.39. The smallest absolute Gasteiger partial charge is 0.333 e. The van der Waals surface area contributed by atoms with E-state index in [0.29, 0.717) is 5.56 Å². The molecular formula is C12H13IO5. The first-order valence-electron chi connectivity index (χ1n) is 4.98. The Balaban J connectivity index is 3.04. The Hall–Kier alpha value is -1.44. The van der Waals surface area contributed by atoms with E-state index in [2.05, 4.69) is 6.58 Å². The maximum atomic E-state index is 11.3. The van der Waals surface area contributed by atoms with Crippen LogP contribution in [0, 0.1) is 3.57 Å². The molecule has 1 rings (SSSR count). The first kappa shape index (κ1) is 14.6. The lowest BCUT2D eigenvalue weighted by atomic mass is 10.1. The fraction of sp³-hybridized carbons (Fsp3) is 0.250. The molecular weight excluding hydrogens is 351 g/mol. The molecule has 0 bridgehead atoms. The van der Waals surface area contributed by atoms with Crippen molar-refractivity contribution in [2.75, 3.05) is 7.11 Å². The van der Waals surface area contributed by atoms with E-state index in [1.807, 2.05) is 0 Å². The molecule has 18 heavy (non-hydrogen) atoms. The van der Waals surface area contributed by atoms with E-state index in [0.717, 1.165) is 0 Å². The van der Waals surface area contributed by atoms with E-state index in [1.54, 1.807) is 22.6 Å². The van der Waals surface area contributed by atoms with Crippen LogP contribution >= 0.6 is 22.6 Å². The summed E-state index contributed by atoms with van der Waals surface area (Å²) in [5, 5.41) is 19.4. The molecule has 98 valence electrons. The van der Waals surface area contributed by atoms with Gasteiger partial charge < -0.3 is 19.7 Å². The van der Waals surface area contributed by atoms with Gasteiger partial charge in [-0.25, -0.2) is 4.79 Å². The standard InChI is InChI=1S/C12H13IO5/c1-6(2)12(16)18-5-7-9(17-3)4-8(14)10(13)11(7)15/h4,14-15H,1,5H2,2-3H3. The summed E-state index contributed by atoms with van der Waals surface area (Å²) in [6.07, 6.45) is 0. The van der Waals surface area contributed by atoms with Crippen molar-refractivity contribution in [3.05, 3.63) is 27.4 Å². The van der Waals surface area contributed by atoms with Gasteiger partial charge in [-0.2, -0.15) is 0 Å². The fourth-order valence-electron chi connectivity index (χ4n) is 1.23. The van der Waals surface area contributed by atoms with Crippen LogP contribution in [0.5, 0.6) is 17.2 Å². The van der Waals surface area contributed by atoms with E-state index >= 15 is 0 Å². The second-order valence-corrected chi connectivity index (χ2v) is 4.67. The Morgan fingerprint density at radius 3 is 2.61 bits per heavy atom. The molecule has 0 saturated heterocycles. The number of benzene rings is 1. The monoisotopic (exact) mass is 364 g/mol. The molecule has 6 heteroatoms. The van der Waals surface area contributed by atoms with Gasteiger partial charge in [-0.05, 0) is 29.5 Å². The summed E-state index contributed by atoms with van der Waals surface area (Å²) in [5.41, 5.74) is 0.566. The minimum absolute atomic E-state index is 0.0973. The molecule has 0 unspecified atom stereocenters. The molecule has 0 saturated carbocycles. The van der Waals surface area contributed by atoms with E-state index in [-0.39, 0.29) is 33.0 Å². The lowest BCUT2D eigenvalue weighted by molar-refractivity contribution is -0.140. The highest BCUT2D eigenvalue weighted by Gasteiger charge is 2.18. The average molecular weight is 364 g/mol. The Bertz CT molecular complexity index is 496. The molecule has 0 heterocycles. The number of esters is 1. The molecule has 0 aromatic heterocycles. The highest BCUT2D eigenvalue weighted by molar-refractivity contribution is 14.1. The Morgan fingerprint density at radius 1 is 1.50 bits per heavy atom. The molecule has 1 aromatic carbocycles. The van der Waals surface area contributed by atoms with Gasteiger partial charge >= 0.3 is 5.97 Å². The predicted molar refractivity (Wildman–Crippen MR) is 73.7 cm³/mol. The van der Waals surface area contributed by atoms with Crippen molar-refractivity contribution >= 4 is 28.6 Å². The zero-order valence-corrected chi connectivity index (χ0v) is 12.1. The maximum Gasteiger partial charge on any atom is 0.333 e. The first-order chi connectivity index (χ1) is 8.38. The van der Waals surface area contributed by atoms with Crippen molar-refractivity contribution in [2.45, 2.75) is 13.5 Å². The molecule has 5 nitrogen and oxygen atoms in total. The van der Waals surface area contributed by atoms with Crippen LogP contribution in [0.1, 0.15) is 12.5 Å². The average Bonchev–Trinajstić information content (AvgIpc) is 2.33. The van der Waals surface area contributed by atoms with E-state index in [4.69, 9.17) is 9.47 Å². The summed E-state index contributed by atoms with van der Waals surface area (Å²) in [6, 6.07) is 1.35.